The third-order valence-corrected chi connectivity index (χ3v) is 2.97. The first kappa shape index (κ1) is 14.2. The molecular weight excluding hydrogens is 267 g/mol. The second kappa shape index (κ2) is 5.03. The average Bonchev–Trinajstić information content (AvgIpc) is 2.35. The number of aromatic nitrogens is 1. The number of benzene rings is 1. The van der Waals surface area contributed by atoms with Crippen molar-refractivity contribution >= 4 is 17.2 Å². The topological polar surface area (TPSA) is 50.9 Å². The van der Waals surface area contributed by atoms with Crippen LogP contribution in [0.5, 0.6) is 0 Å². The van der Waals surface area contributed by atoms with Crippen LogP contribution in [0.4, 0.5) is 30.4 Å². The summed E-state index contributed by atoms with van der Waals surface area (Å²) in [5.41, 5.74) is 7.45. The predicted octanol–water partition coefficient (Wildman–Crippen LogP) is 4.04. The van der Waals surface area contributed by atoms with Gasteiger partial charge in [0.2, 0.25) is 0 Å². The zero-order valence-electron chi connectivity index (χ0n) is 11.0. The Bertz CT molecular complexity index is 636. The molecule has 0 aliphatic rings. The van der Waals surface area contributed by atoms with Crippen LogP contribution in [-0.4, -0.2) is 4.98 Å². The number of anilines is 3. The van der Waals surface area contributed by atoms with Gasteiger partial charge in [-0.15, -0.1) is 0 Å². The number of hydrogen-bond acceptors (Lipinski definition) is 3. The van der Waals surface area contributed by atoms with E-state index in [1.54, 1.807) is 19.2 Å². The smallest absolute Gasteiger partial charge is 0.398 e. The fourth-order valence-electron chi connectivity index (χ4n) is 1.68. The van der Waals surface area contributed by atoms with Crippen molar-refractivity contribution in [1.82, 2.24) is 4.98 Å². The zero-order chi connectivity index (χ0) is 14.9. The van der Waals surface area contributed by atoms with E-state index < -0.39 is 11.7 Å². The van der Waals surface area contributed by atoms with E-state index in [0.717, 1.165) is 17.7 Å². The van der Waals surface area contributed by atoms with Crippen LogP contribution >= 0.6 is 0 Å². The number of nitrogens with two attached hydrogens (primary N) is 1. The van der Waals surface area contributed by atoms with E-state index in [9.17, 15) is 13.2 Å². The van der Waals surface area contributed by atoms with E-state index in [2.05, 4.69) is 10.3 Å². The van der Waals surface area contributed by atoms with Crippen molar-refractivity contribution in [2.45, 2.75) is 20.0 Å². The maximum absolute atomic E-state index is 12.7. The summed E-state index contributed by atoms with van der Waals surface area (Å²) >= 11 is 0. The summed E-state index contributed by atoms with van der Waals surface area (Å²) in [7, 11) is 0. The van der Waals surface area contributed by atoms with E-state index in [4.69, 9.17) is 5.73 Å². The van der Waals surface area contributed by atoms with Gasteiger partial charge in [0.25, 0.3) is 0 Å². The first-order chi connectivity index (χ1) is 9.27. The maximum Gasteiger partial charge on any atom is 0.416 e. The predicted molar refractivity (Wildman–Crippen MR) is 72.9 cm³/mol. The molecule has 0 spiro atoms. The van der Waals surface area contributed by atoms with Crippen LogP contribution in [0.3, 0.4) is 0 Å². The molecule has 1 aromatic heterocycles. The molecule has 6 heteroatoms. The Hall–Kier alpha value is -2.24. The first-order valence-electron chi connectivity index (χ1n) is 5.94. The van der Waals surface area contributed by atoms with Crippen LogP contribution in [0.15, 0.2) is 30.5 Å². The fourth-order valence-corrected chi connectivity index (χ4v) is 1.68. The van der Waals surface area contributed by atoms with Gasteiger partial charge in [0.15, 0.2) is 0 Å². The third-order valence-electron chi connectivity index (χ3n) is 2.97. The lowest BCUT2D eigenvalue weighted by Crippen LogP contribution is -2.06. The summed E-state index contributed by atoms with van der Waals surface area (Å²) < 4.78 is 38.1. The average molecular weight is 281 g/mol. The Morgan fingerprint density at radius 1 is 1.10 bits per heavy atom. The minimum absolute atomic E-state index is 0.357. The van der Waals surface area contributed by atoms with Gasteiger partial charge in [-0.25, -0.2) is 4.98 Å². The molecule has 3 N–H and O–H groups in total. The number of rotatable bonds is 2. The Balaban J connectivity index is 2.35. The molecule has 0 atom stereocenters. The molecule has 1 aromatic carbocycles. The largest absolute Gasteiger partial charge is 0.416 e. The van der Waals surface area contributed by atoms with Crippen LogP contribution in [0.25, 0.3) is 0 Å². The van der Waals surface area contributed by atoms with E-state index in [1.165, 1.54) is 6.07 Å². The molecule has 1 heterocycles. The second-order valence-corrected chi connectivity index (χ2v) is 4.58. The third kappa shape index (κ3) is 3.01. The zero-order valence-corrected chi connectivity index (χ0v) is 11.0. The van der Waals surface area contributed by atoms with Gasteiger partial charge in [-0.2, -0.15) is 13.2 Å². The molecule has 106 valence electrons. The van der Waals surface area contributed by atoms with Crippen LogP contribution in [-0.2, 0) is 6.18 Å². The summed E-state index contributed by atoms with van der Waals surface area (Å²) in [5.74, 6) is 0.413. The lowest BCUT2D eigenvalue weighted by molar-refractivity contribution is -0.137. The van der Waals surface area contributed by atoms with Gasteiger partial charge in [-0.1, -0.05) is 6.07 Å². The van der Waals surface area contributed by atoms with Gasteiger partial charge in [0, 0.05) is 23.6 Å². The van der Waals surface area contributed by atoms with Crippen molar-refractivity contribution < 1.29 is 13.2 Å². The van der Waals surface area contributed by atoms with Crippen LogP contribution in [0.2, 0.25) is 0 Å². The van der Waals surface area contributed by atoms with Gasteiger partial charge in [-0.3, -0.25) is 0 Å². The number of aryl methyl sites for hydroxylation is 2. The molecule has 20 heavy (non-hydrogen) atoms. The Morgan fingerprint density at radius 3 is 2.40 bits per heavy atom. The highest BCUT2D eigenvalue weighted by Gasteiger charge is 2.30. The van der Waals surface area contributed by atoms with E-state index >= 15 is 0 Å². The molecule has 0 unspecified atom stereocenters. The number of halogens is 3. The molecule has 0 saturated heterocycles. The Kier molecular flexibility index (Phi) is 3.57. The van der Waals surface area contributed by atoms with Gasteiger partial charge in [-0.05, 0) is 37.1 Å². The molecule has 0 aliphatic carbocycles. The normalized spacial score (nSPS) is 11.4. The summed E-state index contributed by atoms with van der Waals surface area (Å²) in [4.78, 5) is 4.09. The molecule has 0 fully saturated rings. The van der Waals surface area contributed by atoms with Crippen LogP contribution in [0, 0.1) is 13.8 Å². The standard InChI is InChI=1S/C14H14F3N3/c1-8-3-4-10(14(15,16)17)5-12(8)20-13-6-11(18)9(2)7-19-13/h3-7H,1-2H3,(H3,18,19,20). The van der Waals surface area contributed by atoms with Crippen molar-refractivity contribution in [1.29, 1.82) is 0 Å². The lowest BCUT2D eigenvalue weighted by atomic mass is 10.1. The highest BCUT2D eigenvalue weighted by Crippen LogP contribution is 2.33. The molecule has 0 amide bonds. The quantitative estimate of drug-likeness (QED) is 0.873. The first-order valence-corrected chi connectivity index (χ1v) is 5.94. The molecule has 0 saturated carbocycles. The minimum atomic E-state index is -4.37. The molecule has 0 aliphatic heterocycles. The molecule has 2 aromatic rings. The molecule has 0 radical (unpaired) electrons. The van der Waals surface area contributed by atoms with Gasteiger partial charge in [0.1, 0.15) is 5.82 Å². The highest BCUT2D eigenvalue weighted by molar-refractivity contribution is 5.64. The van der Waals surface area contributed by atoms with E-state index in [1.807, 2.05) is 6.92 Å². The van der Waals surface area contributed by atoms with Crippen LogP contribution in [0.1, 0.15) is 16.7 Å². The molecule has 2 rings (SSSR count). The highest BCUT2D eigenvalue weighted by atomic mass is 19.4. The summed E-state index contributed by atoms with van der Waals surface area (Å²) in [6.45, 7) is 3.53. The van der Waals surface area contributed by atoms with Crippen molar-refractivity contribution in [3.8, 4) is 0 Å². The number of nitrogen functional groups attached to an aromatic ring is 1. The Labute approximate surface area is 114 Å². The van der Waals surface area contributed by atoms with Crippen molar-refractivity contribution in [2.75, 3.05) is 11.1 Å². The Morgan fingerprint density at radius 2 is 1.80 bits per heavy atom. The van der Waals surface area contributed by atoms with Gasteiger partial charge in [0.05, 0.1) is 5.56 Å². The van der Waals surface area contributed by atoms with Crippen molar-refractivity contribution in [3.05, 3.63) is 47.2 Å². The molecular formula is C14H14F3N3. The number of alkyl halides is 3. The summed E-state index contributed by atoms with van der Waals surface area (Å²) in [5, 5.41) is 2.86. The SMILES string of the molecule is Cc1cnc(Nc2cc(C(F)(F)F)ccc2C)cc1N. The number of hydrogen-bond donors (Lipinski definition) is 2. The van der Waals surface area contributed by atoms with Gasteiger partial charge >= 0.3 is 6.18 Å². The summed E-state index contributed by atoms with van der Waals surface area (Å²) in [6, 6.07) is 5.13. The van der Waals surface area contributed by atoms with E-state index in [-0.39, 0.29) is 0 Å². The maximum atomic E-state index is 12.7. The van der Waals surface area contributed by atoms with Crippen molar-refractivity contribution in [2.24, 2.45) is 0 Å². The van der Waals surface area contributed by atoms with Crippen LogP contribution < -0.4 is 11.1 Å². The molecule has 0 bridgehead atoms. The van der Waals surface area contributed by atoms with Gasteiger partial charge < -0.3 is 11.1 Å². The van der Waals surface area contributed by atoms with Crippen molar-refractivity contribution in [3.63, 3.8) is 0 Å². The summed E-state index contributed by atoms with van der Waals surface area (Å²) in [6.07, 6.45) is -2.80. The number of nitrogens with zero attached hydrogens (tertiary/aromatic N) is 1. The molecule has 3 nitrogen and oxygen atoms in total. The second-order valence-electron chi connectivity index (χ2n) is 4.58. The van der Waals surface area contributed by atoms with E-state index in [0.29, 0.717) is 22.8 Å². The number of pyridine rings is 1. The number of nitrogens with one attached hydrogen (secondary N) is 1. The lowest BCUT2D eigenvalue weighted by Gasteiger charge is -2.13. The monoisotopic (exact) mass is 281 g/mol. The minimum Gasteiger partial charge on any atom is -0.398 e. The fraction of sp³-hybridized carbons (Fsp3) is 0.214.